The van der Waals surface area contributed by atoms with Crippen LogP contribution in [-0.2, 0) is 22.7 Å². The molecular formula is C22H26O2. The molecule has 24 heavy (non-hydrogen) atoms. The van der Waals surface area contributed by atoms with Crippen molar-refractivity contribution in [2.24, 2.45) is 10.8 Å². The maximum absolute atomic E-state index is 5.98. The Morgan fingerprint density at radius 3 is 1.33 bits per heavy atom. The Kier molecular flexibility index (Phi) is 5.17. The van der Waals surface area contributed by atoms with Gasteiger partial charge in [-0.05, 0) is 11.1 Å². The molecule has 2 aromatic carbocycles. The summed E-state index contributed by atoms with van der Waals surface area (Å²) in [7, 11) is 0. The van der Waals surface area contributed by atoms with Crippen LogP contribution in [0.1, 0.15) is 25.0 Å². The largest absolute Gasteiger partial charge is 0.376 e. The first kappa shape index (κ1) is 16.9. The third kappa shape index (κ3) is 3.77. The van der Waals surface area contributed by atoms with Crippen LogP contribution in [-0.4, -0.2) is 13.2 Å². The Balaban J connectivity index is 1.47. The third-order valence-electron chi connectivity index (χ3n) is 5.15. The summed E-state index contributed by atoms with van der Waals surface area (Å²) in [5.41, 5.74) is 2.48. The number of ether oxygens (including phenoxy) is 2. The zero-order valence-corrected chi connectivity index (χ0v) is 14.6. The molecule has 3 rings (SSSR count). The van der Waals surface area contributed by atoms with Crippen LogP contribution in [0.3, 0.4) is 0 Å². The summed E-state index contributed by atoms with van der Waals surface area (Å²) < 4.78 is 12.0. The third-order valence-corrected chi connectivity index (χ3v) is 5.15. The first-order valence-electron chi connectivity index (χ1n) is 8.55. The molecule has 126 valence electrons. The van der Waals surface area contributed by atoms with E-state index < -0.39 is 0 Å². The van der Waals surface area contributed by atoms with Crippen molar-refractivity contribution >= 4 is 0 Å². The molecule has 1 aliphatic rings. The summed E-state index contributed by atoms with van der Waals surface area (Å²) in [6, 6.07) is 20.6. The summed E-state index contributed by atoms with van der Waals surface area (Å²) in [5.74, 6) is 0. The van der Waals surface area contributed by atoms with E-state index in [1.165, 1.54) is 11.1 Å². The van der Waals surface area contributed by atoms with Crippen molar-refractivity contribution in [2.45, 2.75) is 27.1 Å². The van der Waals surface area contributed by atoms with Crippen LogP contribution < -0.4 is 0 Å². The van der Waals surface area contributed by atoms with Crippen molar-refractivity contribution < 1.29 is 9.47 Å². The molecule has 2 nitrogen and oxygen atoms in total. The summed E-state index contributed by atoms with van der Waals surface area (Å²) in [6.07, 6.45) is 4.51. The van der Waals surface area contributed by atoms with Gasteiger partial charge in [0.2, 0.25) is 0 Å². The summed E-state index contributed by atoms with van der Waals surface area (Å²) in [5, 5.41) is 0. The maximum atomic E-state index is 5.98. The van der Waals surface area contributed by atoms with Crippen LogP contribution in [0.25, 0.3) is 0 Å². The second-order valence-electron chi connectivity index (χ2n) is 7.13. The topological polar surface area (TPSA) is 18.5 Å². The van der Waals surface area contributed by atoms with Crippen LogP contribution in [0.2, 0.25) is 0 Å². The normalized spacial score (nSPS) is 25.4. The molecule has 0 bridgehead atoms. The number of hydrogen-bond donors (Lipinski definition) is 0. The Hall–Kier alpha value is -1.90. The zero-order valence-electron chi connectivity index (χ0n) is 14.6. The average molecular weight is 322 g/mol. The first-order chi connectivity index (χ1) is 11.6. The fraction of sp³-hybridized carbons (Fsp3) is 0.364. The molecule has 0 radical (unpaired) electrons. The van der Waals surface area contributed by atoms with E-state index in [2.05, 4.69) is 50.3 Å². The summed E-state index contributed by atoms with van der Waals surface area (Å²) in [6.45, 7) is 7.25. The van der Waals surface area contributed by atoms with Crippen molar-refractivity contribution in [2.75, 3.05) is 13.2 Å². The van der Waals surface area contributed by atoms with E-state index in [-0.39, 0.29) is 10.8 Å². The minimum Gasteiger partial charge on any atom is -0.376 e. The van der Waals surface area contributed by atoms with Gasteiger partial charge in [0.15, 0.2) is 0 Å². The van der Waals surface area contributed by atoms with Gasteiger partial charge in [0.05, 0.1) is 26.4 Å². The Labute approximate surface area is 145 Å². The molecule has 2 aromatic rings. The van der Waals surface area contributed by atoms with Gasteiger partial charge in [-0.15, -0.1) is 0 Å². The van der Waals surface area contributed by atoms with E-state index in [0.29, 0.717) is 26.4 Å². The number of hydrogen-bond acceptors (Lipinski definition) is 2. The highest BCUT2D eigenvalue weighted by molar-refractivity contribution is 5.25. The fourth-order valence-electron chi connectivity index (χ4n) is 2.99. The minimum absolute atomic E-state index is 0.0263. The lowest BCUT2D eigenvalue weighted by Gasteiger charge is -2.49. The Morgan fingerprint density at radius 2 is 1.00 bits per heavy atom. The van der Waals surface area contributed by atoms with Crippen molar-refractivity contribution in [1.82, 2.24) is 0 Å². The average Bonchev–Trinajstić information content (AvgIpc) is 2.62. The lowest BCUT2D eigenvalue weighted by atomic mass is 9.58. The van der Waals surface area contributed by atoms with Crippen molar-refractivity contribution in [3.05, 3.63) is 83.9 Å². The summed E-state index contributed by atoms with van der Waals surface area (Å²) in [4.78, 5) is 0. The SMILES string of the molecule is CC1(COCc2ccccc2)C=CC1(C)COCc1ccccc1. The quantitative estimate of drug-likeness (QED) is 0.637. The first-order valence-corrected chi connectivity index (χ1v) is 8.55. The molecule has 1 aliphatic carbocycles. The van der Waals surface area contributed by atoms with Crippen molar-refractivity contribution in [3.63, 3.8) is 0 Å². The molecule has 0 N–H and O–H groups in total. The van der Waals surface area contributed by atoms with Gasteiger partial charge in [-0.1, -0.05) is 86.7 Å². The Morgan fingerprint density at radius 1 is 0.625 bits per heavy atom. The lowest BCUT2D eigenvalue weighted by Crippen LogP contribution is -2.47. The monoisotopic (exact) mass is 322 g/mol. The molecule has 0 aliphatic heterocycles. The molecular weight excluding hydrogens is 296 g/mol. The zero-order chi connectivity index (χ0) is 16.9. The molecule has 0 heterocycles. The van der Waals surface area contributed by atoms with E-state index in [9.17, 15) is 0 Å². The van der Waals surface area contributed by atoms with Gasteiger partial charge >= 0.3 is 0 Å². The molecule has 2 atom stereocenters. The molecule has 2 unspecified atom stereocenters. The minimum atomic E-state index is 0.0263. The van der Waals surface area contributed by atoms with Crippen molar-refractivity contribution in [3.8, 4) is 0 Å². The fourth-order valence-corrected chi connectivity index (χ4v) is 2.99. The van der Waals surface area contributed by atoms with Gasteiger partial charge < -0.3 is 9.47 Å². The highest BCUT2D eigenvalue weighted by Crippen LogP contribution is 2.50. The van der Waals surface area contributed by atoms with Gasteiger partial charge in [-0.2, -0.15) is 0 Å². The van der Waals surface area contributed by atoms with Gasteiger partial charge in [-0.25, -0.2) is 0 Å². The summed E-state index contributed by atoms with van der Waals surface area (Å²) >= 11 is 0. The van der Waals surface area contributed by atoms with Crippen LogP contribution in [0.4, 0.5) is 0 Å². The molecule has 0 saturated carbocycles. The smallest absolute Gasteiger partial charge is 0.0717 e. The Bertz CT molecular complexity index is 605. The van der Waals surface area contributed by atoms with Crippen molar-refractivity contribution in [1.29, 1.82) is 0 Å². The van der Waals surface area contributed by atoms with Crippen LogP contribution in [0.5, 0.6) is 0 Å². The van der Waals surface area contributed by atoms with E-state index in [4.69, 9.17) is 9.47 Å². The van der Waals surface area contributed by atoms with E-state index in [0.717, 1.165) is 0 Å². The lowest BCUT2D eigenvalue weighted by molar-refractivity contribution is -0.0501. The molecule has 0 spiro atoms. The second-order valence-corrected chi connectivity index (χ2v) is 7.13. The van der Waals surface area contributed by atoms with Crippen LogP contribution in [0, 0.1) is 10.8 Å². The predicted molar refractivity (Wildman–Crippen MR) is 97.6 cm³/mol. The van der Waals surface area contributed by atoms with Gasteiger partial charge in [-0.3, -0.25) is 0 Å². The predicted octanol–water partition coefficient (Wildman–Crippen LogP) is 5.00. The molecule has 0 fully saturated rings. The van der Waals surface area contributed by atoms with Gasteiger partial charge in [0, 0.05) is 10.8 Å². The molecule has 2 heteroatoms. The molecule has 0 aromatic heterocycles. The van der Waals surface area contributed by atoms with Gasteiger partial charge in [0.1, 0.15) is 0 Å². The second kappa shape index (κ2) is 7.33. The van der Waals surface area contributed by atoms with E-state index >= 15 is 0 Å². The van der Waals surface area contributed by atoms with E-state index in [1.54, 1.807) is 0 Å². The number of rotatable bonds is 8. The highest BCUT2D eigenvalue weighted by atomic mass is 16.5. The number of benzene rings is 2. The van der Waals surface area contributed by atoms with Gasteiger partial charge in [0.25, 0.3) is 0 Å². The standard InChI is InChI=1S/C22H26O2/c1-21(17-23-15-19-9-5-3-6-10-19)13-14-22(21,2)18-24-16-20-11-7-4-8-12-20/h3-14H,15-18H2,1-2H3. The highest BCUT2D eigenvalue weighted by Gasteiger charge is 2.47. The van der Waals surface area contributed by atoms with Crippen LogP contribution in [0.15, 0.2) is 72.8 Å². The molecule has 0 saturated heterocycles. The molecule has 0 amide bonds. The van der Waals surface area contributed by atoms with Crippen LogP contribution >= 0.6 is 0 Å². The van der Waals surface area contributed by atoms with E-state index in [1.807, 2.05) is 36.4 Å². The maximum Gasteiger partial charge on any atom is 0.0717 e.